The Morgan fingerprint density at radius 1 is 1.32 bits per heavy atom. The van der Waals surface area contributed by atoms with Gasteiger partial charge < -0.3 is 10.1 Å². The van der Waals surface area contributed by atoms with Crippen LogP contribution in [0.5, 0.6) is 0 Å². The molecule has 0 spiro atoms. The van der Waals surface area contributed by atoms with E-state index in [1.165, 1.54) is 14.2 Å². The number of hydrogen-bond donors (Lipinski definition) is 1. The number of carbonyl (C=O) groups excluding carboxylic acids is 1. The molecule has 0 unspecified atom stereocenters. The predicted octanol–water partition coefficient (Wildman–Crippen LogP) is 1.67. The molecule has 1 amide bonds. The minimum atomic E-state index is -0.328. The minimum absolute atomic E-state index is 0.246. The summed E-state index contributed by atoms with van der Waals surface area (Å²) in [4.78, 5) is 17.0. The largest absolute Gasteiger partial charge is 0.482 e. The van der Waals surface area contributed by atoms with Crippen molar-refractivity contribution in [2.75, 3.05) is 21.2 Å². The van der Waals surface area contributed by atoms with Crippen LogP contribution < -0.4 is 5.32 Å². The number of likely N-dealkylation sites (N-methyl/N-ethyl adjacent to an activating group) is 1. The van der Waals surface area contributed by atoms with Crippen LogP contribution in [0.2, 0.25) is 0 Å². The molecule has 5 nitrogen and oxygen atoms in total. The highest BCUT2D eigenvalue weighted by Crippen LogP contribution is 2.11. The third-order valence-corrected chi connectivity index (χ3v) is 2.70. The Labute approximate surface area is 113 Å². The second-order valence-electron chi connectivity index (χ2n) is 3.96. The molecule has 0 saturated carbocycles. The number of nitrogens with zero attached hydrogens (tertiary/aromatic N) is 1. The van der Waals surface area contributed by atoms with Crippen molar-refractivity contribution < 1.29 is 14.4 Å². The van der Waals surface area contributed by atoms with Crippen LogP contribution in [0, 0.1) is 0 Å². The Morgan fingerprint density at radius 2 is 1.95 bits per heavy atom. The SMILES string of the molecule is CN/C(C)=C(\OCc1ccccc1)C(=O)N(C)OC. The van der Waals surface area contributed by atoms with Crippen LogP contribution in [0.25, 0.3) is 0 Å². The van der Waals surface area contributed by atoms with Crippen LogP contribution in [0.1, 0.15) is 12.5 Å². The van der Waals surface area contributed by atoms with Crippen LogP contribution in [-0.4, -0.2) is 32.2 Å². The predicted molar refractivity (Wildman–Crippen MR) is 72.8 cm³/mol. The number of carbonyl (C=O) groups is 1. The lowest BCUT2D eigenvalue weighted by Crippen LogP contribution is -2.30. The third kappa shape index (κ3) is 4.30. The highest BCUT2D eigenvalue weighted by Gasteiger charge is 2.19. The van der Waals surface area contributed by atoms with E-state index in [1.54, 1.807) is 14.0 Å². The molecule has 0 aliphatic carbocycles. The Kier molecular flexibility index (Phi) is 5.89. The zero-order valence-electron chi connectivity index (χ0n) is 11.8. The number of allylic oxidation sites excluding steroid dienone is 1. The van der Waals surface area contributed by atoms with Gasteiger partial charge in [0.25, 0.3) is 0 Å². The van der Waals surface area contributed by atoms with Crippen molar-refractivity contribution in [2.45, 2.75) is 13.5 Å². The third-order valence-electron chi connectivity index (χ3n) is 2.70. The van der Waals surface area contributed by atoms with E-state index in [9.17, 15) is 4.79 Å². The molecular formula is C14H20N2O3. The van der Waals surface area contributed by atoms with Gasteiger partial charge in [0, 0.05) is 14.1 Å². The Morgan fingerprint density at radius 3 is 2.47 bits per heavy atom. The molecule has 0 bridgehead atoms. The van der Waals surface area contributed by atoms with E-state index in [0.29, 0.717) is 12.3 Å². The first-order chi connectivity index (χ1) is 9.10. The lowest BCUT2D eigenvalue weighted by atomic mass is 10.2. The monoisotopic (exact) mass is 264 g/mol. The van der Waals surface area contributed by atoms with Crippen molar-refractivity contribution >= 4 is 5.91 Å². The molecule has 0 aromatic heterocycles. The Bertz CT molecular complexity index is 443. The van der Waals surface area contributed by atoms with E-state index in [-0.39, 0.29) is 11.7 Å². The van der Waals surface area contributed by atoms with E-state index >= 15 is 0 Å². The van der Waals surface area contributed by atoms with Gasteiger partial charge in [-0.1, -0.05) is 30.3 Å². The van der Waals surface area contributed by atoms with Crippen LogP contribution in [-0.2, 0) is 21.0 Å². The molecule has 0 saturated heterocycles. The molecule has 0 fully saturated rings. The topological polar surface area (TPSA) is 50.8 Å². The summed E-state index contributed by atoms with van der Waals surface area (Å²) in [5, 5.41) is 4.04. The number of hydrogen-bond acceptors (Lipinski definition) is 4. The lowest BCUT2D eigenvalue weighted by Gasteiger charge is -2.18. The summed E-state index contributed by atoms with van der Waals surface area (Å²) < 4.78 is 5.61. The maximum Gasteiger partial charge on any atom is 0.314 e. The molecule has 104 valence electrons. The van der Waals surface area contributed by atoms with Crippen molar-refractivity contribution in [1.82, 2.24) is 10.4 Å². The average Bonchev–Trinajstić information content (AvgIpc) is 2.47. The van der Waals surface area contributed by atoms with E-state index in [0.717, 1.165) is 10.6 Å². The number of rotatable bonds is 6. The first-order valence-electron chi connectivity index (χ1n) is 5.97. The van der Waals surface area contributed by atoms with Crippen LogP contribution in [0.3, 0.4) is 0 Å². The number of nitrogens with one attached hydrogen (secondary N) is 1. The van der Waals surface area contributed by atoms with Gasteiger partial charge in [0.15, 0.2) is 0 Å². The summed E-state index contributed by atoms with van der Waals surface area (Å²) in [7, 11) is 4.71. The second-order valence-corrected chi connectivity index (χ2v) is 3.96. The van der Waals surface area contributed by atoms with Crippen LogP contribution in [0.4, 0.5) is 0 Å². The fourth-order valence-electron chi connectivity index (χ4n) is 1.40. The van der Waals surface area contributed by atoms with Crippen molar-refractivity contribution in [3.8, 4) is 0 Å². The van der Waals surface area contributed by atoms with Gasteiger partial charge in [0.1, 0.15) is 6.61 Å². The summed E-state index contributed by atoms with van der Waals surface area (Å²) >= 11 is 0. The number of hydroxylamine groups is 2. The quantitative estimate of drug-likeness (QED) is 0.482. The molecule has 1 aromatic carbocycles. The Balaban J connectivity index is 2.80. The standard InChI is InChI=1S/C14H20N2O3/c1-11(15-2)13(14(17)16(3)18-4)19-10-12-8-6-5-7-9-12/h5-9,15H,10H2,1-4H3/b13-11-. The normalized spacial score (nSPS) is 11.6. The number of ether oxygens (including phenoxy) is 1. The van der Waals surface area contributed by atoms with Crippen molar-refractivity contribution in [1.29, 1.82) is 0 Å². The number of amides is 1. The van der Waals surface area contributed by atoms with Gasteiger partial charge in [-0.25, -0.2) is 5.06 Å². The fraction of sp³-hybridized carbons (Fsp3) is 0.357. The Hall–Kier alpha value is -2.01. The molecule has 0 aliphatic heterocycles. The molecule has 0 atom stereocenters. The van der Waals surface area contributed by atoms with Gasteiger partial charge in [-0.3, -0.25) is 9.63 Å². The summed E-state index contributed by atoms with van der Waals surface area (Å²) in [6.07, 6.45) is 0. The molecule has 5 heteroatoms. The number of benzene rings is 1. The first kappa shape index (κ1) is 15.0. The summed E-state index contributed by atoms with van der Waals surface area (Å²) in [5.41, 5.74) is 1.65. The average molecular weight is 264 g/mol. The molecule has 19 heavy (non-hydrogen) atoms. The first-order valence-corrected chi connectivity index (χ1v) is 5.97. The maximum atomic E-state index is 12.1. The van der Waals surface area contributed by atoms with Gasteiger partial charge in [0.05, 0.1) is 12.8 Å². The smallest absolute Gasteiger partial charge is 0.314 e. The maximum absolute atomic E-state index is 12.1. The molecular weight excluding hydrogens is 244 g/mol. The summed E-state index contributed by atoms with van der Waals surface area (Å²) in [6.45, 7) is 2.11. The van der Waals surface area contributed by atoms with Crippen molar-refractivity contribution in [2.24, 2.45) is 0 Å². The van der Waals surface area contributed by atoms with Gasteiger partial charge in [0.2, 0.25) is 5.76 Å². The zero-order valence-corrected chi connectivity index (χ0v) is 11.8. The van der Waals surface area contributed by atoms with Gasteiger partial charge in [-0.2, -0.15) is 0 Å². The molecule has 1 aromatic rings. The molecule has 1 N–H and O–H groups in total. The van der Waals surface area contributed by atoms with E-state index in [2.05, 4.69) is 5.32 Å². The van der Waals surface area contributed by atoms with Gasteiger partial charge >= 0.3 is 5.91 Å². The van der Waals surface area contributed by atoms with E-state index in [1.807, 2.05) is 30.3 Å². The zero-order chi connectivity index (χ0) is 14.3. The van der Waals surface area contributed by atoms with Gasteiger partial charge in [-0.15, -0.1) is 0 Å². The van der Waals surface area contributed by atoms with E-state index in [4.69, 9.17) is 9.57 Å². The highest BCUT2D eigenvalue weighted by molar-refractivity contribution is 5.91. The molecule has 0 heterocycles. The summed E-state index contributed by atoms with van der Waals surface area (Å²) in [6, 6.07) is 9.67. The van der Waals surface area contributed by atoms with Crippen molar-refractivity contribution in [3.05, 3.63) is 47.4 Å². The van der Waals surface area contributed by atoms with Crippen LogP contribution in [0.15, 0.2) is 41.8 Å². The second kappa shape index (κ2) is 7.43. The molecule has 0 radical (unpaired) electrons. The van der Waals surface area contributed by atoms with Crippen LogP contribution >= 0.6 is 0 Å². The highest BCUT2D eigenvalue weighted by atomic mass is 16.7. The van der Waals surface area contributed by atoms with E-state index < -0.39 is 0 Å². The molecule has 1 rings (SSSR count). The van der Waals surface area contributed by atoms with Crippen molar-refractivity contribution in [3.63, 3.8) is 0 Å². The minimum Gasteiger partial charge on any atom is -0.482 e. The molecule has 0 aliphatic rings. The summed E-state index contributed by atoms with van der Waals surface area (Å²) in [5.74, 6) is -0.0824. The lowest BCUT2D eigenvalue weighted by molar-refractivity contribution is -0.168. The fourth-order valence-corrected chi connectivity index (χ4v) is 1.40. The van der Waals surface area contributed by atoms with Gasteiger partial charge in [-0.05, 0) is 12.5 Å².